The van der Waals surface area contributed by atoms with E-state index in [-0.39, 0.29) is 17.7 Å². The molecule has 0 aromatic heterocycles. The molecule has 0 saturated carbocycles. The highest BCUT2D eigenvalue weighted by atomic mass is 16.7. The molecule has 0 spiro atoms. The third-order valence-electron chi connectivity index (χ3n) is 2.29. The number of carbonyl (C=O) groups excluding carboxylic acids is 2. The van der Waals surface area contributed by atoms with Gasteiger partial charge < -0.3 is 5.32 Å². The Morgan fingerprint density at radius 3 is 2.47 bits per heavy atom. The molecule has 0 aliphatic carbocycles. The quantitative estimate of drug-likeness (QED) is 0.735. The van der Waals surface area contributed by atoms with Gasteiger partial charge in [-0.3, -0.25) is 14.4 Å². The average molecular weight is 214 g/mol. The Hall–Kier alpha value is -1.10. The zero-order valence-electron chi connectivity index (χ0n) is 9.45. The van der Waals surface area contributed by atoms with E-state index in [1.807, 2.05) is 13.8 Å². The van der Waals surface area contributed by atoms with Crippen molar-refractivity contribution in [2.75, 3.05) is 13.2 Å². The molecule has 5 nitrogen and oxygen atoms in total. The molecular formula is C10H18N2O3. The fourth-order valence-electron chi connectivity index (χ4n) is 1.51. The van der Waals surface area contributed by atoms with Crippen LogP contribution in [0, 0.1) is 5.92 Å². The lowest BCUT2D eigenvalue weighted by atomic mass is 10.0. The van der Waals surface area contributed by atoms with Crippen molar-refractivity contribution >= 4 is 11.8 Å². The summed E-state index contributed by atoms with van der Waals surface area (Å²) >= 11 is 0. The number of amides is 2. The normalized spacial score (nSPS) is 18.0. The molecule has 2 amide bonds. The highest BCUT2D eigenvalue weighted by molar-refractivity contribution is 5.86. The number of hydroxylamine groups is 2. The molecule has 0 radical (unpaired) electrons. The maximum Gasteiger partial charge on any atom is 0.268 e. The number of nitrogens with zero attached hydrogens (tertiary/aromatic N) is 1. The van der Waals surface area contributed by atoms with Gasteiger partial charge in [-0.2, -0.15) is 0 Å². The van der Waals surface area contributed by atoms with Crippen LogP contribution >= 0.6 is 0 Å². The van der Waals surface area contributed by atoms with Crippen LogP contribution in [0.3, 0.4) is 0 Å². The number of nitrogens with one attached hydrogen (secondary N) is 1. The Bertz CT molecular complexity index is 247. The summed E-state index contributed by atoms with van der Waals surface area (Å²) in [5, 5.41) is 3.99. The van der Waals surface area contributed by atoms with Crippen LogP contribution in [0.15, 0.2) is 0 Å². The Kier molecular flexibility index (Phi) is 4.08. The van der Waals surface area contributed by atoms with Gasteiger partial charge in [-0.05, 0) is 12.3 Å². The molecule has 1 heterocycles. The van der Waals surface area contributed by atoms with Gasteiger partial charge in [0.2, 0.25) is 5.91 Å². The van der Waals surface area contributed by atoms with Gasteiger partial charge >= 0.3 is 0 Å². The summed E-state index contributed by atoms with van der Waals surface area (Å²) in [7, 11) is 0. The molecule has 86 valence electrons. The van der Waals surface area contributed by atoms with Crippen molar-refractivity contribution < 1.29 is 14.4 Å². The highest BCUT2D eigenvalue weighted by Crippen LogP contribution is 2.11. The van der Waals surface area contributed by atoms with Crippen molar-refractivity contribution in [2.24, 2.45) is 5.92 Å². The van der Waals surface area contributed by atoms with E-state index in [0.29, 0.717) is 13.2 Å². The van der Waals surface area contributed by atoms with E-state index in [1.54, 1.807) is 0 Å². The summed E-state index contributed by atoms with van der Waals surface area (Å²) in [6.45, 7) is 6.40. The molecule has 1 N–H and O–H groups in total. The number of hydrogen-bond donors (Lipinski definition) is 1. The number of rotatable bonds is 3. The minimum atomic E-state index is -0.486. The second kappa shape index (κ2) is 5.11. The maximum absolute atomic E-state index is 11.9. The van der Waals surface area contributed by atoms with Crippen molar-refractivity contribution in [1.82, 2.24) is 10.4 Å². The predicted molar refractivity (Wildman–Crippen MR) is 54.7 cm³/mol. The number of hydrogen-bond acceptors (Lipinski definition) is 3. The molecule has 1 aliphatic rings. The summed E-state index contributed by atoms with van der Waals surface area (Å²) in [4.78, 5) is 28.0. The maximum atomic E-state index is 11.9. The minimum absolute atomic E-state index is 0.0607. The third kappa shape index (κ3) is 3.20. The number of carbonyl (C=O) groups is 2. The van der Waals surface area contributed by atoms with Gasteiger partial charge in [0, 0.05) is 6.92 Å². The summed E-state index contributed by atoms with van der Waals surface area (Å²) in [5.74, 6) is -0.287. The van der Waals surface area contributed by atoms with Gasteiger partial charge in [-0.1, -0.05) is 13.8 Å². The molecule has 1 atom stereocenters. The van der Waals surface area contributed by atoms with Crippen LogP contribution in [-0.2, 0) is 14.4 Å². The third-order valence-corrected chi connectivity index (χ3v) is 2.29. The van der Waals surface area contributed by atoms with Crippen molar-refractivity contribution in [3.8, 4) is 0 Å². The van der Waals surface area contributed by atoms with E-state index in [9.17, 15) is 9.59 Å². The van der Waals surface area contributed by atoms with Crippen molar-refractivity contribution in [1.29, 1.82) is 0 Å². The van der Waals surface area contributed by atoms with Gasteiger partial charge in [-0.25, -0.2) is 5.06 Å². The van der Waals surface area contributed by atoms with Crippen LogP contribution in [0.1, 0.15) is 27.2 Å². The summed E-state index contributed by atoms with van der Waals surface area (Å²) in [6.07, 6.45) is 0.858. The van der Waals surface area contributed by atoms with Gasteiger partial charge in [0.05, 0.1) is 13.2 Å². The Labute approximate surface area is 89.7 Å². The van der Waals surface area contributed by atoms with Crippen LogP contribution in [0.2, 0.25) is 0 Å². The first kappa shape index (κ1) is 12.0. The highest BCUT2D eigenvalue weighted by Gasteiger charge is 2.30. The van der Waals surface area contributed by atoms with E-state index in [1.165, 1.54) is 12.0 Å². The van der Waals surface area contributed by atoms with E-state index in [4.69, 9.17) is 4.84 Å². The second-order valence-corrected chi connectivity index (χ2v) is 4.05. The fraction of sp³-hybridized carbons (Fsp3) is 0.800. The molecule has 1 unspecified atom stereocenters. The monoisotopic (exact) mass is 214 g/mol. The standard InChI is InChI=1S/C10H18N2O3/c1-7(2)9(11-8(3)13)10(14)12-5-4-6-15-12/h7,9H,4-6H2,1-3H3,(H,11,13). The van der Waals surface area contributed by atoms with E-state index in [0.717, 1.165) is 6.42 Å². The van der Waals surface area contributed by atoms with Gasteiger partial charge in [0.25, 0.3) is 5.91 Å². The largest absolute Gasteiger partial charge is 0.344 e. The molecule has 15 heavy (non-hydrogen) atoms. The Balaban J connectivity index is 2.61. The zero-order valence-corrected chi connectivity index (χ0v) is 9.45. The van der Waals surface area contributed by atoms with Crippen molar-refractivity contribution in [3.05, 3.63) is 0 Å². The Morgan fingerprint density at radius 1 is 1.40 bits per heavy atom. The topological polar surface area (TPSA) is 58.6 Å². The van der Waals surface area contributed by atoms with Crippen LogP contribution < -0.4 is 5.32 Å². The molecule has 5 heteroatoms. The van der Waals surface area contributed by atoms with Crippen LogP contribution in [0.5, 0.6) is 0 Å². The molecule has 0 aromatic rings. The summed E-state index contributed by atoms with van der Waals surface area (Å²) in [5.41, 5.74) is 0. The smallest absolute Gasteiger partial charge is 0.268 e. The van der Waals surface area contributed by atoms with Gasteiger partial charge in [-0.15, -0.1) is 0 Å². The van der Waals surface area contributed by atoms with Crippen LogP contribution in [-0.4, -0.2) is 36.1 Å². The summed E-state index contributed by atoms with van der Waals surface area (Å²) < 4.78 is 0. The molecule has 0 aromatic carbocycles. The SMILES string of the molecule is CC(=O)NC(C(=O)N1CCCO1)C(C)C. The lowest BCUT2D eigenvalue weighted by Gasteiger charge is -2.24. The van der Waals surface area contributed by atoms with E-state index >= 15 is 0 Å². The average Bonchev–Trinajstić information content (AvgIpc) is 2.65. The summed E-state index contributed by atoms with van der Waals surface area (Å²) in [6, 6.07) is -0.486. The molecular weight excluding hydrogens is 196 g/mol. The lowest BCUT2D eigenvalue weighted by Crippen LogP contribution is -2.49. The van der Waals surface area contributed by atoms with E-state index < -0.39 is 6.04 Å². The lowest BCUT2D eigenvalue weighted by molar-refractivity contribution is -0.172. The first-order chi connectivity index (χ1) is 7.02. The van der Waals surface area contributed by atoms with E-state index in [2.05, 4.69) is 5.32 Å². The van der Waals surface area contributed by atoms with Crippen molar-refractivity contribution in [2.45, 2.75) is 33.2 Å². The first-order valence-corrected chi connectivity index (χ1v) is 5.23. The molecule has 1 rings (SSSR count). The minimum Gasteiger partial charge on any atom is -0.344 e. The Morgan fingerprint density at radius 2 is 2.07 bits per heavy atom. The van der Waals surface area contributed by atoms with Crippen LogP contribution in [0.4, 0.5) is 0 Å². The second-order valence-electron chi connectivity index (χ2n) is 4.05. The van der Waals surface area contributed by atoms with Crippen LogP contribution in [0.25, 0.3) is 0 Å². The first-order valence-electron chi connectivity index (χ1n) is 5.23. The molecule has 1 saturated heterocycles. The molecule has 1 aliphatic heterocycles. The van der Waals surface area contributed by atoms with Gasteiger partial charge in [0.15, 0.2) is 0 Å². The molecule has 0 bridgehead atoms. The zero-order chi connectivity index (χ0) is 11.4. The molecule has 1 fully saturated rings. The predicted octanol–water partition coefficient (Wildman–Crippen LogP) is 0.311. The fourth-order valence-corrected chi connectivity index (χ4v) is 1.51. The van der Waals surface area contributed by atoms with Crippen molar-refractivity contribution in [3.63, 3.8) is 0 Å². The van der Waals surface area contributed by atoms with Gasteiger partial charge in [0.1, 0.15) is 6.04 Å².